The molecule has 0 unspecified atom stereocenters. The predicted octanol–water partition coefficient (Wildman–Crippen LogP) is 4.71. The summed E-state index contributed by atoms with van der Waals surface area (Å²) in [7, 11) is 0. The van der Waals surface area contributed by atoms with Crippen LogP contribution in [-0.4, -0.2) is 42.3 Å². The minimum absolute atomic E-state index is 0.0619. The van der Waals surface area contributed by atoms with Gasteiger partial charge in [0.1, 0.15) is 18.2 Å². The van der Waals surface area contributed by atoms with E-state index in [0.29, 0.717) is 12.0 Å². The molecule has 0 fully saturated rings. The van der Waals surface area contributed by atoms with Crippen molar-refractivity contribution in [3.05, 3.63) is 108 Å². The van der Waals surface area contributed by atoms with E-state index in [9.17, 15) is 14.4 Å². The lowest BCUT2D eigenvalue weighted by Gasteiger charge is -2.24. The summed E-state index contributed by atoms with van der Waals surface area (Å²) in [4.78, 5) is 38.4. The summed E-state index contributed by atoms with van der Waals surface area (Å²) in [6.45, 7) is 5.19. The number of rotatable bonds is 10. The number of carbonyl (C=O) groups is 3. The van der Waals surface area contributed by atoms with Crippen LogP contribution in [0.5, 0.6) is 0 Å². The second-order valence-electron chi connectivity index (χ2n) is 9.74. The summed E-state index contributed by atoms with van der Waals surface area (Å²) in [6, 6.07) is 26.4. The molecule has 3 rings (SSSR count). The van der Waals surface area contributed by atoms with E-state index in [1.165, 1.54) is 0 Å². The van der Waals surface area contributed by atoms with Crippen LogP contribution in [0.1, 0.15) is 42.3 Å². The maximum absolute atomic E-state index is 13.2. The number of carbonyl (C=O) groups excluding carboxylic acids is 3. The number of benzene rings is 3. The second-order valence-corrected chi connectivity index (χ2v) is 9.74. The first-order valence-electron chi connectivity index (χ1n) is 12.3. The molecule has 0 aliphatic carbocycles. The molecule has 0 saturated carbocycles. The Hall–Kier alpha value is -4.13. The van der Waals surface area contributed by atoms with E-state index in [1.54, 1.807) is 45.0 Å². The molecule has 0 radical (unpaired) electrons. The average molecular weight is 503 g/mol. The molecule has 2 atom stereocenters. The molecule has 0 aliphatic rings. The van der Waals surface area contributed by atoms with Gasteiger partial charge in [0.2, 0.25) is 0 Å². The summed E-state index contributed by atoms with van der Waals surface area (Å²) in [5.41, 5.74) is 1.65. The van der Waals surface area contributed by atoms with Crippen molar-refractivity contribution < 1.29 is 23.9 Å². The summed E-state index contributed by atoms with van der Waals surface area (Å²) in [5.74, 6) is -0.868. The number of esters is 1. The normalized spacial score (nSPS) is 12.6. The Bertz CT molecular complexity index is 1140. The number of alkyl carbamates (subject to hydrolysis) is 1. The van der Waals surface area contributed by atoms with Gasteiger partial charge >= 0.3 is 12.1 Å². The maximum atomic E-state index is 13.2. The van der Waals surface area contributed by atoms with Gasteiger partial charge in [0.25, 0.3) is 5.91 Å². The zero-order valence-electron chi connectivity index (χ0n) is 21.5. The minimum Gasteiger partial charge on any atom is -0.462 e. The topological polar surface area (TPSA) is 93.7 Å². The second kappa shape index (κ2) is 13.3. The number of nitrogens with one attached hydrogen (secondary N) is 2. The van der Waals surface area contributed by atoms with Crippen molar-refractivity contribution in [2.45, 2.75) is 51.3 Å². The van der Waals surface area contributed by atoms with Crippen molar-refractivity contribution in [1.82, 2.24) is 10.6 Å². The van der Waals surface area contributed by atoms with E-state index in [-0.39, 0.29) is 18.9 Å². The summed E-state index contributed by atoms with van der Waals surface area (Å²) < 4.78 is 11.0. The van der Waals surface area contributed by atoms with Crippen LogP contribution in [-0.2, 0) is 27.1 Å². The van der Waals surface area contributed by atoms with E-state index in [0.717, 1.165) is 11.1 Å². The van der Waals surface area contributed by atoms with Crippen LogP contribution in [0.3, 0.4) is 0 Å². The van der Waals surface area contributed by atoms with Crippen LogP contribution < -0.4 is 10.6 Å². The SMILES string of the molecule is CC(C)(C)OC(=O)N[C@H](Cc1ccccc1)C(=O)OC[C@H](Cc1ccccc1)NC(=O)c1ccccc1. The molecule has 7 heteroatoms. The van der Waals surface area contributed by atoms with Gasteiger partial charge in [0, 0.05) is 12.0 Å². The summed E-state index contributed by atoms with van der Waals surface area (Å²) >= 11 is 0. The van der Waals surface area contributed by atoms with E-state index < -0.39 is 29.7 Å². The van der Waals surface area contributed by atoms with Gasteiger partial charge < -0.3 is 20.1 Å². The quantitative estimate of drug-likeness (QED) is 0.392. The summed E-state index contributed by atoms with van der Waals surface area (Å²) in [5, 5.41) is 5.61. The molecule has 0 aromatic heterocycles. The minimum atomic E-state index is -0.959. The van der Waals surface area contributed by atoms with Gasteiger partial charge in [-0.3, -0.25) is 4.79 Å². The fourth-order valence-electron chi connectivity index (χ4n) is 3.68. The number of hydrogen-bond donors (Lipinski definition) is 2. The fraction of sp³-hybridized carbons (Fsp3) is 0.300. The zero-order valence-corrected chi connectivity index (χ0v) is 21.5. The van der Waals surface area contributed by atoms with Crippen molar-refractivity contribution in [2.24, 2.45) is 0 Å². The highest BCUT2D eigenvalue weighted by molar-refractivity contribution is 5.94. The first kappa shape index (κ1) is 27.5. The molecule has 3 aromatic carbocycles. The van der Waals surface area contributed by atoms with E-state index in [4.69, 9.17) is 9.47 Å². The Morgan fingerprint density at radius 1 is 0.730 bits per heavy atom. The van der Waals surface area contributed by atoms with Crippen molar-refractivity contribution >= 4 is 18.0 Å². The third-order valence-corrected chi connectivity index (χ3v) is 5.38. The van der Waals surface area contributed by atoms with Crippen molar-refractivity contribution in [2.75, 3.05) is 6.61 Å². The third kappa shape index (κ3) is 9.80. The van der Waals surface area contributed by atoms with E-state index in [2.05, 4.69) is 10.6 Å². The Kier molecular flexibility index (Phi) is 9.84. The molecule has 7 nitrogen and oxygen atoms in total. The fourth-order valence-corrected chi connectivity index (χ4v) is 3.68. The molecule has 0 aliphatic heterocycles. The Morgan fingerprint density at radius 2 is 1.24 bits per heavy atom. The van der Waals surface area contributed by atoms with Crippen molar-refractivity contribution in [3.63, 3.8) is 0 Å². The van der Waals surface area contributed by atoms with Gasteiger partial charge in [-0.15, -0.1) is 0 Å². The van der Waals surface area contributed by atoms with Gasteiger partial charge in [-0.25, -0.2) is 9.59 Å². The zero-order chi connectivity index (χ0) is 26.7. The molecule has 0 spiro atoms. The summed E-state index contributed by atoms with van der Waals surface area (Å²) in [6.07, 6.45) is -0.00244. The highest BCUT2D eigenvalue weighted by Gasteiger charge is 2.27. The Balaban J connectivity index is 1.71. The first-order valence-corrected chi connectivity index (χ1v) is 12.3. The van der Waals surface area contributed by atoms with Crippen LogP contribution in [0.4, 0.5) is 4.79 Å². The maximum Gasteiger partial charge on any atom is 0.408 e. The molecular formula is C30H34N2O5. The van der Waals surface area contributed by atoms with E-state index >= 15 is 0 Å². The van der Waals surface area contributed by atoms with Gasteiger partial charge in [0.05, 0.1) is 6.04 Å². The van der Waals surface area contributed by atoms with Gasteiger partial charge in [-0.05, 0) is 50.5 Å². The van der Waals surface area contributed by atoms with Crippen LogP contribution in [0.25, 0.3) is 0 Å². The molecule has 2 amide bonds. The van der Waals surface area contributed by atoms with Crippen LogP contribution in [0, 0.1) is 0 Å². The average Bonchev–Trinajstić information content (AvgIpc) is 2.87. The molecule has 37 heavy (non-hydrogen) atoms. The van der Waals surface area contributed by atoms with Gasteiger partial charge in [-0.1, -0.05) is 78.9 Å². The highest BCUT2D eigenvalue weighted by Crippen LogP contribution is 2.11. The Morgan fingerprint density at radius 3 is 1.78 bits per heavy atom. The highest BCUT2D eigenvalue weighted by atomic mass is 16.6. The largest absolute Gasteiger partial charge is 0.462 e. The molecule has 0 bridgehead atoms. The number of amides is 2. The third-order valence-electron chi connectivity index (χ3n) is 5.38. The number of hydrogen-bond acceptors (Lipinski definition) is 5. The van der Waals surface area contributed by atoms with Crippen LogP contribution in [0.15, 0.2) is 91.0 Å². The molecule has 194 valence electrons. The smallest absolute Gasteiger partial charge is 0.408 e. The first-order chi connectivity index (χ1) is 17.7. The van der Waals surface area contributed by atoms with Gasteiger partial charge in [0.15, 0.2) is 0 Å². The standard InChI is InChI=1S/C30H34N2O5/c1-30(2,3)37-29(35)32-26(20-23-15-9-5-10-16-23)28(34)36-21-25(19-22-13-7-4-8-14-22)31-27(33)24-17-11-6-12-18-24/h4-18,25-26H,19-21H2,1-3H3,(H,31,33)(H,32,35)/t25-,26+/m0/s1. The molecule has 0 saturated heterocycles. The van der Waals surface area contributed by atoms with Crippen LogP contribution >= 0.6 is 0 Å². The molecule has 3 aromatic rings. The molecule has 2 N–H and O–H groups in total. The van der Waals surface area contributed by atoms with Crippen molar-refractivity contribution in [1.29, 1.82) is 0 Å². The Labute approximate surface area is 218 Å². The van der Waals surface area contributed by atoms with Gasteiger partial charge in [-0.2, -0.15) is 0 Å². The molecule has 0 heterocycles. The predicted molar refractivity (Wildman–Crippen MR) is 142 cm³/mol. The van der Waals surface area contributed by atoms with Crippen molar-refractivity contribution in [3.8, 4) is 0 Å². The lowest BCUT2D eigenvalue weighted by Crippen LogP contribution is -2.47. The van der Waals surface area contributed by atoms with E-state index in [1.807, 2.05) is 66.7 Å². The van der Waals surface area contributed by atoms with Crippen LogP contribution in [0.2, 0.25) is 0 Å². The monoisotopic (exact) mass is 502 g/mol. The lowest BCUT2D eigenvalue weighted by molar-refractivity contribution is -0.146. The lowest BCUT2D eigenvalue weighted by atomic mass is 10.1. The number of ether oxygens (including phenoxy) is 2. The molecular weight excluding hydrogens is 468 g/mol.